The van der Waals surface area contributed by atoms with Gasteiger partial charge in [0.1, 0.15) is 5.82 Å². The maximum atomic E-state index is 5.86. The van der Waals surface area contributed by atoms with Gasteiger partial charge in [-0.05, 0) is 42.3 Å². The number of nitrogens with zero attached hydrogens (tertiary/aromatic N) is 5. The second-order valence-electron chi connectivity index (χ2n) is 7.08. The van der Waals surface area contributed by atoms with Crippen LogP contribution in [0.4, 0.5) is 0 Å². The van der Waals surface area contributed by atoms with Gasteiger partial charge < -0.3 is 9.30 Å². The minimum atomic E-state index is 0.263. The average molecular weight is 371 g/mol. The molecule has 0 saturated carbocycles. The number of hydrogen-bond donors (Lipinski definition) is 0. The fourth-order valence-electron chi connectivity index (χ4n) is 3.92. The van der Waals surface area contributed by atoms with Crippen molar-refractivity contribution >= 4 is 0 Å². The van der Waals surface area contributed by atoms with Crippen LogP contribution in [0.25, 0.3) is 17.1 Å². The molecule has 140 valence electrons. The van der Waals surface area contributed by atoms with Crippen LogP contribution in [0, 0.1) is 5.92 Å². The van der Waals surface area contributed by atoms with Crippen LogP contribution >= 0.6 is 0 Å². The van der Waals surface area contributed by atoms with E-state index in [0.717, 1.165) is 30.1 Å². The summed E-state index contributed by atoms with van der Waals surface area (Å²) in [5.74, 6) is 1.37. The predicted octanol–water partition coefficient (Wildman–Crippen LogP) is 3.56. The fraction of sp³-hybridized carbons (Fsp3) is 0.227. The molecule has 5 rings (SSSR count). The maximum Gasteiger partial charge on any atom is 0.140 e. The first-order valence-corrected chi connectivity index (χ1v) is 9.48. The maximum absolute atomic E-state index is 5.86. The van der Waals surface area contributed by atoms with Crippen LogP contribution in [0.1, 0.15) is 11.6 Å². The lowest BCUT2D eigenvalue weighted by molar-refractivity contribution is 0.181. The highest BCUT2D eigenvalue weighted by Gasteiger charge is 2.31. The minimum Gasteiger partial charge on any atom is -0.379 e. The van der Waals surface area contributed by atoms with Crippen LogP contribution in [-0.2, 0) is 11.2 Å². The van der Waals surface area contributed by atoms with Crippen molar-refractivity contribution in [3.63, 3.8) is 0 Å². The van der Waals surface area contributed by atoms with Gasteiger partial charge in [0.15, 0.2) is 0 Å². The molecule has 2 atom stereocenters. The van der Waals surface area contributed by atoms with Crippen LogP contribution in [0.5, 0.6) is 0 Å². The van der Waals surface area contributed by atoms with Gasteiger partial charge in [-0.25, -0.2) is 9.67 Å². The van der Waals surface area contributed by atoms with Crippen molar-refractivity contribution in [1.29, 1.82) is 0 Å². The average Bonchev–Trinajstić information content (AvgIpc) is 3.50. The zero-order valence-electron chi connectivity index (χ0n) is 15.4. The van der Waals surface area contributed by atoms with E-state index in [1.54, 1.807) is 6.20 Å². The van der Waals surface area contributed by atoms with Gasteiger partial charge in [-0.15, -0.1) is 0 Å². The number of aromatic nitrogens is 5. The normalized spacial score (nSPS) is 19.1. The molecule has 0 amide bonds. The molecule has 1 fully saturated rings. The van der Waals surface area contributed by atoms with Gasteiger partial charge in [-0.2, -0.15) is 5.10 Å². The molecule has 1 aliphatic heterocycles. The van der Waals surface area contributed by atoms with Gasteiger partial charge >= 0.3 is 0 Å². The largest absolute Gasteiger partial charge is 0.379 e. The Kier molecular flexibility index (Phi) is 4.47. The molecule has 1 saturated heterocycles. The molecule has 4 heterocycles. The Morgan fingerprint density at radius 3 is 2.75 bits per heavy atom. The van der Waals surface area contributed by atoms with Crippen molar-refractivity contribution in [1.82, 2.24) is 24.3 Å². The summed E-state index contributed by atoms with van der Waals surface area (Å²) in [5.41, 5.74) is 3.39. The molecule has 0 spiro atoms. The Morgan fingerprint density at radius 1 is 0.964 bits per heavy atom. The third-order valence-electron chi connectivity index (χ3n) is 5.31. The van der Waals surface area contributed by atoms with Gasteiger partial charge in [-0.1, -0.05) is 12.1 Å². The summed E-state index contributed by atoms with van der Waals surface area (Å²) in [6.07, 6.45) is 12.3. The lowest BCUT2D eigenvalue weighted by atomic mass is 9.95. The highest BCUT2D eigenvalue weighted by molar-refractivity contribution is 5.59. The van der Waals surface area contributed by atoms with Crippen molar-refractivity contribution in [3.05, 3.63) is 85.2 Å². The molecule has 6 nitrogen and oxygen atoms in total. The second kappa shape index (κ2) is 7.40. The van der Waals surface area contributed by atoms with Gasteiger partial charge in [0.05, 0.1) is 24.9 Å². The topological polar surface area (TPSA) is 57.8 Å². The number of rotatable bonds is 5. The van der Waals surface area contributed by atoms with Crippen LogP contribution < -0.4 is 0 Å². The zero-order chi connectivity index (χ0) is 18.8. The van der Waals surface area contributed by atoms with E-state index in [2.05, 4.69) is 56.2 Å². The first kappa shape index (κ1) is 16.9. The van der Waals surface area contributed by atoms with Crippen molar-refractivity contribution in [2.45, 2.75) is 12.5 Å². The quantitative estimate of drug-likeness (QED) is 0.538. The predicted molar refractivity (Wildman–Crippen MR) is 106 cm³/mol. The van der Waals surface area contributed by atoms with E-state index < -0.39 is 0 Å². The standard InChI is InChI=1S/C22H21N5O/c1-3-18(14-20(4-1)27-11-2-7-25-27)22-24-10-12-26(22)21-16-28-15-19(21)13-17-5-8-23-9-6-17/h1-12,14,19,21H,13,15-16H2/t19-,21-/m1/s1. The summed E-state index contributed by atoms with van der Waals surface area (Å²) in [4.78, 5) is 8.78. The second-order valence-corrected chi connectivity index (χ2v) is 7.08. The molecule has 0 radical (unpaired) electrons. The Morgan fingerprint density at radius 2 is 1.89 bits per heavy atom. The van der Waals surface area contributed by atoms with E-state index in [1.165, 1.54) is 5.56 Å². The van der Waals surface area contributed by atoms with E-state index in [0.29, 0.717) is 12.5 Å². The molecule has 3 aromatic heterocycles. The molecule has 0 N–H and O–H groups in total. The van der Waals surface area contributed by atoms with Crippen molar-refractivity contribution in [3.8, 4) is 17.1 Å². The van der Waals surface area contributed by atoms with Gasteiger partial charge in [-0.3, -0.25) is 4.98 Å². The number of hydrogen-bond acceptors (Lipinski definition) is 4. The molecule has 1 aromatic carbocycles. The summed E-state index contributed by atoms with van der Waals surface area (Å²) in [7, 11) is 0. The van der Waals surface area contributed by atoms with Crippen LogP contribution in [-0.4, -0.2) is 37.5 Å². The zero-order valence-corrected chi connectivity index (χ0v) is 15.4. The van der Waals surface area contributed by atoms with Crippen molar-refractivity contribution in [2.24, 2.45) is 5.92 Å². The van der Waals surface area contributed by atoms with E-state index in [4.69, 9.17) is 4.74 Å². The molecule has 0 bridgehead atoms. The Bertz CT molecular complexity index is 1040. The Labute approximate surface area is 163 Å². The molecular formula is C22H21N5O. The molecule has 4 aromatic rings. The van der Waals surface area contributed by atoms with Gasteiger partial charge in [0.25, 0.3) is 0 Å². The van der Waals surface area contributed by atoms with Gasteiger partial charge in [0.2, 0.25) is 0 Å². The lowest BCUT2D eigenvalue weighted by Gasteiger charge is -2.21. The monoisotopic (exact) mass is 371 g/mol. The smallest absolute Gasteiger partial charge is 0.140 e. The SMILES string of the molecule is c1cc(-c2nccn2[C@@H]2COC[C@H]2Cc2ccncc2)cc(-n2cccn2)c1. The third kappa shape index (κ3) is 3.23. The summed E-state index contributed by atoms with van der Waals surface area (Å²) in [6, 6.07) is 14.7. The summed E-state index contributed by atoms with van der Waals surface area (Å²) in [6.45, 7) is 1.47. The molecule has 1 aliphatic rings. The van der Waals surface area contributed by atoms with Crippen LogP contribution in [0.2, 0.25) is 0 Å². The van der Waals surface area contributed by atoms with E-state index in [-0.39, 0.29) is 6.04 Å². The molecular weight excluding hydrogens is 350 g/mol. The molecule has 0 aliphatic carbocycles. The summed E-state index contributed by atoms with van der Waals surface area (Å²) >= 11 is 0. The molecule has 28 heavy (non-hydrogen) atoms. The van der Waals surface area contributed by atoms with E-state index in [9.17, 15) is 0 Å². The summed E-state index contributed by atoms with van der Waals surface area (Å²) in [5, 5.41) is 4.33. The fourth-order valence-corrected chi connectivity index (χ4v) is 3.92. The minimum absolute atomic E-state index is 0.263. The first-order chi connectivity index (χ1) is 13.9. The first-order valence-electron chi connectivity index (χ1n) is 9.48. The number of pyridine rings is 1. The Balaban J connectivity index is 1.45. The van der Waals surface area contributed by atoms with Crippen molar-refractivity contribution < 1.29 is 4.74 Å². The van der Waals surface area contributed by atoms with Gasteiger partial charge in [0, 0.05) is 48.7 Å². The highest BCUT2D eigenvalue weighted by Crippen LogP contribution is 2.33. The summed E-state index contributed by atoms with van der Waals surface area (Å²) < 4.78 is 9.99. The Hall–Kier alpha value is -3.25. The van der Waals surface area contributed by atoms with Crippen molar-refractivity contribution in [2.75, 3.05) is 13.2 Å². The molecule has 0 unspecified atom stereocenters. The van der Waals surface area contributed by atoms with E-state index >= 15 is 0 Å². The molecule has 6 heteroatoms. The highest BCUT2D eigenvalue weighted by atomic mass is 16.5. The number of ether oxygens (including phenoxy) is 1. The third-order valence-corrected chi connectivity index (χ3v) is 5.31. The van der Waals surface area contributed by atoms with Crippen LogP contribution in [0.15, 0.2) is 79.6 Å². The van der Waals surface area contributed by atoms with E-state index in [1.807, 2.05) is 41.6 Å². The lowest BCUT2D eigenvalue weighted by Crippen LogP contribution is -2.20. The van der Waals surface area contributed by atoms with Crippen LogP contribution in [0.3, 0.4) is 0 Å². The number of imidazole rings is 1. The number of benzene rings is 1.